The summed E-state index contributed by atoms with van der Waals surface area (Å²) in [7, 11) is 1.10. The lowest BCUT2D eigenvalue weighted by atomic mass is 10.1. The normalized spacial score (nSPS) is 14.4. The van der Waals surface area contributed by atoms with E-state index in [2.05, 4.69) is 74.6 Å². The Morgan fingerprint density at radius 2 is 1.09 bits per heavy atom. The molecule has 0 saturated carbocycles. The number of likely N-dealkylation sites (N-methyl/N-ethyl adjacent to an activating group) is 1. The maximum atomic E-state index is 12.6. The van der Waals surface area contributed by atoms with Crippen LogP contribution in [0.3, 0.4) is 0 Å². The third-order valence-corrected chi connectivity index (χ3v) is 9.19. The number of allylic oxidation sites excluding steroid dienone is 12. The molecule has 310 valence electrons. The number of phosphoric acid groups is 1. The second-order valence-corrected chi connectivity index (χ2v) is 16.0. The Morgan fingerprint density at radius 3 is 1.65 bits per heavy atom. The quantitative estimate of drug-likeness (QED) is 0.0203. The molecule has 0 heterocycles. The predicted octanol–water partition coefficient (Wildman–Crippen LogP) is 10.8. The molecule has 0 saturated heterocycles. The molecule has 0 aromatic heterocycles. The summed E-state index contributed by atoms with van der Waals surface area (Å²) < 4.78 is 33.7. The lowest BCUT2D eigenvalue weighted by Crippen LogP contribution is -2.37. The molecule has 0 bridgehead atoms. The van der Waals surface area contributed by atoms with Crippen molar-refractivity contribution >= 4 is 19.8 Å². The first-order valence-corrected chi connectivity index (χ1v) is 22.1. The van der Waals surface area contributed by atoms with Crippen LogP contribution in [0.5, 0.6) is 0 Å². The molecular weight excluding hydrogens is 701 g/mol. The van der Waals surface area contributed by atoms with Gasteiger partial charge in [-0.2, -0.15) is 0 Å². The van der Waals surface area contributed by atoms with Crippen LogP contribution in [-0.4, -0.2) is 70.0 Å². The molecule has 2 unspecified atom stereocenters. The Bertz CT molecular complexity index is 1150. The summed E-state index contributed by atoms with van der Waals surface area (Å²) in [6, 6.07) is 0. The van der Waals surface area contributed by atoms with Crippen LogP contribution in [0.25, 0.3) is 0 Å². The number of unbranched alkanes of at least 4 members (excludes halogenated alkanes) is 10. The molecule has 0 radical (unpaired) electrons. The highest BCUT2D eigenvalue weighted by Crippen LogP contribution is 2.38. The molecule has 0 fully saturated rings. The van der Waals surface area contributed by atoms with Crippen molar-refractivity contribution in [3.63, 3.8) is 0 Å². The van der Waals surface area contributed by atoms with Gasteiger partial charge in [0.25, 0.3) is 7.82 Å². The second-order valence-electron chi connectivity index (χ2n) is 14.6. The molecule has 54 heavy (non-hydrogen) atoms. The van der Waals surface area contributed by atoms with Gasteiger partial charge in [-0.3, -0.25) is 14.2 Å². The maximum Gasteiger partial charge on any atom is 0.306 e. The minimum absolute atomic E-state index is 0.0483. The van der Waals surface area contributed by atoms with E-state index in [1.165, 1.54) is 44.9 Å². The van der Waals surface area contributed by atoms with E-state index in [9.17, 15) is 19.0 Å². The number of nitrogens with zero attached hydrogens (tertiary/aromatic N) is 1. The maximum absolute atomic E-state index is 12.6. The lowest BCUT2D eigenvalue weighted by molar-refractivity contribution is -0.870. The van der Waals surface area contributed by atoms with E-state index in [0.717, 1.165) is 57.8 Å². The topological polar surface area (TPSA) is 111 Å². The number of rotatable bonds is 36. The van der Waals surface area contributed by atoms with Crippen molar-refractivity contribution in [2.75, 3.05) is 47.5 Å². The number of hydrogen-bond donors (Lipinski definition) is 0. The van der Waals surface area contributed by atoms with Crippen molar-refractivity contribution in [1.29, 1.82) is 0 Å². The van der Waals surface area contributed by atoms with Crippen LogP contribution in [-0.2, 0) is 32.7 Å². The Hall–Kier alpha value is -2.55. The van der Waals surface area contributed by atoms with Gasteiger partial charge in [0.15, 0.2) is 6.10 Å². The zero-order valence-electron chi connectivity index (χ0n) is 34.6. The van der Waals surface area contributed by atoms with Gasteiger partial charge in [-0.1, -0.05) is 132 Å². The van der Waals surface area contributed by atoms with Crippen molar-refractivity contribution < 1.29 is 42.1 Å². The summed E-state index contributed by atoms with van der Waals surface area (Å²) in [4.78, 5) is 37.4. The standard InChI is InChI=1S/C44H76NO8P/c1-6-8-10-12-14-16-18-20-21-22-23-25-26-28-30-32-34-36-43(46)50-40-42(41-52-54(48,49)51-39-38-45(3,4)5)53-44(47)37-35-33-31-29-27-24-19-17-15-13-11-9-7-2/h9,11,14-17,20-21,24,27,31,33,42H,6-8,10,12-13,18-19,22-23,25-26,28-30,32,34-41H2,1-5H3/b11-9-,16-14-,17-15-,21-20-,27-24-,33-31-. The number of carbonyl (C=O) groups excluding carboxylic acids is 2. The molecule has 10 heteroatoms. The molecule has 0 aromatic carbocycles. The fraction of sp³-hybridized carbons (Fsp3) is 0.682. The van der Waals surface area contributed by atoms with Gasteiger partial charge in [0.05, 0.1) is 27.7 Å². The Morgan fingerprint density at radius 1 is 0.593 bits per heavy atom. The van der Waals surface area contributed by atoms with E-state index < -0.39 is 32.5 Å². The third kappa shape index (κ3) is 39.2. The first-order chi connectivity index (χ1) is 26.0. The smallest absolute Gasteiger partial charge is 0.306 e. The third-order valence-electron chi connectivity index (χ3n) is 8.22. The van der Waals surface area contributed by atoms with E-state index in [1.54, 1.807) is 0 Å². The van der Waals surface area contributed by atoms with Gasteiger partial charge in [0, 0.05) is 12.8 Å². The highest BCUT2D eigenvalue weighted by Gasteiger charge is 2.21. The number of phosphoric ester groups is 1. The minimum Gasteiger partial charge on any atom is -0.756 e. The van der Waals surface area contributed by atoms with Crippen molar-refractivity contribution in [3.05, 3.63) is 72.9 Å². The summed E-state index contributed by atoms with van der Waals surface area (Å²) >= 11 is 0. The van der Waals surface area contributed by atoms with Crippen LogP contribution in [0.15, 0.2) is 72.9 Å². The van der Waals surface area contributed by atoms with Crippen LogP contribution >= 0.6 is 7.82 Å². The van der Waals surface area contributed by atoms with Crippen LogP contribution in [0.4, 0.5) is 0 Å². The molecule has 0 N–H and O–H groups in total. The SMILES string of the molecule is CC/C=C\C/C=C\C/C=C\C/C=C\CCC(=O)OC(COC(=O)CCCCCCCCC/C=C\C/C=C\CCCCC)COP(=O)([O-])OCC[N+](C)(C)C. The van der Waals surface area contributed by atoms with Crippen LogP contribution < -0.4 is 4.89 Å². The van der Waals surface area contributed by atoms with Crippen molar-refractivity contribution in [3.8, 4) is 0 Å². The lowest BCUT2D eigenvalue weighted by Gasteiger charge is -2.28. The van der Waals surface area contributed by atoms with E-state index in [-0.39, 0.29) is 26.1 Å². The molecule has 0 rings (SSSR count). The average molecular weight is 778 g/mol. The van der Waals surface area contributed by atoms with Gasteiger partial charge < -0.3 is 27.9 Å². The summed E-state index contributed by atoms with van der Waals surface area (Å²) in [5, 5.41) is 0. The minimum atomic E-state index is -4.64. The van der Waals surface area contributed by atoms with Gasteiger partial charge in [-0.25, -0.2) is 0 Å². The highest BCUT2D eigenvalue weighted by molar-refractivity contribution is 7.45. The van der Waals surface area contributed by atoms with Crippen molar-refractivity contribution in [2.24, 2.45) is 0 Å². The van der Waals surface area contributed by atoms with E-state index in [0.29, 0.717) is 23.9 Å². The number of ether oxygens (including phenoxy) is 2. The first-order valence-electron chi connectivity index (χ1n) is 20.6. The number of esters is 2. The first kappa shape index (κ1) is 51.5. The predicted molar refractivity (Wildman–Crippen MR) is 222 cm³/mol. The summed E-state index contributed by atoms with van der Waals surface area (Å²) in [6.07, 6.45) is 43.8. The molecule has 2 atom stereocenters. The summed E-state index contributed by atoms with van der Waals surface area (Å²) in [6.45, 7) is 3.96. The largest absolute Gasteiger partial charge is 0.756 e. The van der Waals surface area contributed by atoms with Crippen LogP contribution in [0.1, 0.15) is 142 Å². The van der Waals surface area contributed by atoms with Gasteiger partial charge in [0.2, 0.25) is 0 Å². The zero-order chi connectivity index (χ0) is 40.0. The van der Waals surface area contributed by atoms with Crippen LogP contribution in [0, 0.1) is 0 Å². The highest BCUT2D eigenvalue weighted by atomic mass is 31.2. The van der Waals surface area contributed by atoms with E-state index in [1.807, 2.05) is 33.3 Å². The second kappa shape index (κ2) is 36.1. The van der Waals surface area contributed by atoms with Gasteiger partial charge in [-0.15, -0.1) is 0 Å². The monoisotopic (exact) mass is 778 g/mol. The van der Waals surface area contributed by atoms with Crippen LogP contribution in [0.2, 0.25) is 0 Å². The molecule has 0 aliphatic heterocycles. The number of hydrogen-bond acceptors (Lipinski definition) is 8. The van der Waals surface area contributed by atoms with Gasteiger partial charge in [-0.05, 0) is 70.6 Å². The summed E-state index contributed by atoms with van der Waals surface area (Å²) in [5.74, 6) is -0.946. The molecule has 0 aromatic rings. The van der Waals surface area contributed by atoms with Gasteiger partial charge >= 0.3 is 11.9 Å². The zero-order valence-corrected chi connectivity index (χ0v) is 35.5. The summed E-state index contributed by atoms with van der Waals surface area (Å²) in [5.41, 5.74) is 0. The number of quaternary nitrogens is 1. The fourth-order valence-electron chi connectivity index (χ4n) is 4.99. The molecule has 0 aliphatic rings. The molecule has 0 amide bonds. The van der Waals surface area contributed by atoms with Crippen molar-refractivity contribution in [2.45, 2.75) is 148 Å². The molecule has 0 spiro atoms. The van der Waals surface area contributed by atoms with Gasteiger partial charge in [0.1, 0.15) is 19.8 Å². The van der Waals surface area contributed by atoms with E-state index >= 15 is 0 Å². The molecular formula is C44H76NO8P. The fourth-order valence-corrected chi connectivity index (χ4v) is 5.72. The average Bonchev–Trinajstić information content (AvgIpc) is 3.12. The number of carbonyl (C=O) groups is 2. The molecule has 9 nitrogen and oxygen atoms in total. The van der Waals surface area contributed by atoms with E-state index in [4.69, 9.17) is 18.5 Å². The Labute approximate surface area is 329 Å². The Balaban J connectivity index is 4.49. The van der Waals surface area contributed by atoms with Crippen molar-refractivity contribution in [1.82, 2.24) is 0 Å². The Kier molecular flexibility index (Phi) is 34.4. The molecule has 0 aliphatic carbocycles.